The highest BCUT2D eigenvalue weighted by Crippen LogP contribution is 2.60. The monoisotopic (exact) mass is 306 g/mol. The Hall–Kier alpha value is -0.370. The van der Waals surface area contributed by atoms with E-state index in [0.29, 0.717) is 11.7 Å². The van der Waals surface area contributed by atoms with Crippen molar-refractivity contribution in [2.75, 3.05) is 0 Å². The topological polar surface area (TPSA) is 37.3 Å². The van der Waals surface area contributed by atoms with Gasteiger partial charge in [-0.1, -0.05) is 20.8 Å². The molecule has 4 fully saturated rings. The van der Waals surface area contributed by atoms with E-state index in [1.807, 2.05) is 13.8 Å². The summed E-state index contributed by atoms with van der Waals surface area (Å²) in [7, 11) is 0. The van der Waals surface area contributed by atoms with Crippen LogP contribution in [0.4, 0.5) is 0 Å². The fourth-order valence-corrected chi connectivity index (χ4v) is 6.44. The molecule has 7 atom stereocenters. The predicted molar refractivity (Wildman–Crippen MR) is 89.5 cm³/mol. The molecule has 0 aromatic carbocycles. The van der Waals surface area contributed by atoms with Crippen LogP contribution >= 0.6 is 0 Å². The SMILES string of the molecule is CC.C[C@@]12C[C@@H]3CC[C@@H]4C[C@H](O)CC[C@@H]4[C@H]3C[C@H]1CCC2=O. The number of Topliss-reactive ketones (excluding diaryl/α,β-unsaturated/α-hetero) is 1. The summed E-state index contributed by atoms with van der Waals surface area (Å²) in [5, 5.41) is 9.93. The van der Waals surface area contributed by atoms with Crippen LogP contribution in [0.1, 0.15) is 78.6 Å². The number of rotatable bonds is 0. The molecule has 126 valence electrons. The summed E-state index contributed by atoms with van der Waals surface area (Å²) in [6, 6.07) is 0. The van der Waals surface area contributed by atoms with E-state index >= 15 is 0 Å². The summed E-state index contributed by atoms with van der Waals surface area (Å²) in [4.78, 5) is 12.3. The molecule has 4 rings (SSSR count). The molecule has 2 heteroatoms. The Morgan fingerprint density at radius 3 is 2.45 bits per heavy atom. The van der Waals surface area contributed by atoms with E-state index in [0.717, 1.165) is 49.4 Å². The second-order valence-electron chi connectivity index (χ2n) is 8.41. The maximum atomic E-state index is 12.3. The van der Waals surface area contributed by atoms with Crippen molar-refractivity contribution in [2.24, 2.45) is 35.0 Å². The van der Waals surface area contributed by atoms with E-state index in [1.165, 1.54) is 32.1 Å². The quantitative estimate of drug-likeness (QED) is 0.710. The van der Waals surface area contributed by atoms with Gasteiger partial charge in [0, 0.05) is 11.8 Å². The molecule has 0 heterocycles. The summed E-state index contributed by atoms with van der Waals surface area (Å²) < 4.78 is 0. The maximum Gasteiger partial charge on any atom is 0.139 e. The molecule has 0 saturated heterocycles. The van der Waals surface area contributed by atoms with Gasteiger partial charge in [0.25, 0.3) is 0 Å². The lowest BCUT2D eigenvalue weighted by Gasteiger charge is -2.53. The van der Waals surface area contributed by atoms with Gasteiger partial charge in [-0.05, 0) is 81.0 Å². The molecule has 0 aromatic heterocycles. The number of hydrogen-bond acceptors (Lipinski definition) is 2. The summed E-state index contributed by atoms with van der Waals surface area (Å²) in [6.45, 7) is 6.26. The van der Waals surface area contributed by atoms with Crippen LogP contribution in [0, 0.1) is 35.0 Å². The summed E-state index contributed by atoms with van der Waals surface area (Å²) in [5.41, 5.74) is 0.0299. The first-order valence-corrected chi connectivity index (χ1v) is 9.79. The van der Waals surface area contributed by atoms with Crippen molar-refractivity contribution in [3.05, 3.63) is 0 Å². The third-order valence-electron chi connectivity index (χ3n) is 7.58. The highest BCUT2D eigenvalue weighted by molar-refractivity contribution is 5.87. The Labute approximate surface area is 136 Å². The molecule has 1 N–H and O–H groups in total. The van der Waals surface area contributed by atoms with Crippen LogP contribution in [0.2, 0.25) is 0 Å². The number of aliphatic hydroxyl groups excluding tert-OH is 1. The van der Waals surface area contributed by atoms with E-state index in [4.69, 9.17) is 0 Å². The zero-order chi connectivity index (χ0) is 15.9. The number of ketones is 1. The Morgan fingerprint density at radius 2 is 1.68 bits per heavy atom. The number of aliphatic hydroxyl groups is 1. The summed E-state index contributed by atoms with van der Waals surface area (Å²) >= 11 is 0. The minimum absolute atomic E-state index is 0.0299. The second-order valence-corrected chi connectivity index (χ2v) is 8.41. The molecule has 0 aliphatic heterocycles. The van der Waals surface area contributed by atoms with Gasteiger partial charge in [0.15, 0.2) is 0 Å². The zero-order valence-electron chi connectivity index (χ0n) is 14.7. The number of hydrogen-bond donors (Lipinski definition) is 1. The van der Waals surface area contributed by atoms with Crippen LogP contribution < -0.4 is 0 Å². The lowest BCUT2D eigenvalue weighted by molar-refractivity contribution is -0.132. The van der Waals surface area contributed by atoms with Gasteiger partial charge in [-0.2, -0.15) is 0 Å². The van der Waals surface area contributed by atoms with Gasteiger partial charge in [-0.25, -0.2) is 0 Å². The van der Waals surface area contributed by atoms with Crippen LogP contribution in [0.25, 0.3) is 0 Å². The largest absolute Gasteiger partial charge is 0.393 e. The summed E-state index contributed by atoms with van der Waals surface area (Å²) in [5.74, 6) is 4.53. The molecule has 0 unspecified atom stereocenters. The molecule has 0 bridgehead atoms. The minimum Gasteiger partial charge on any atom is -0.393 e. The Balaban J connectivity index is 0.000000693. The smallest absolute Gasteiger partial charge is 0.139 e. The van der Waals surface area contributed by atoms with Gasteiger partial charge in [0.1, 0.15) is 5.78 Å². The van der Waals surface area contributed by atoms with Gasteiger partial charge in [0.05, 0.1) is 6.10 Å². The zero-order valence-corrected chi connectivity index (χ0v) is 14.7. The van der Waals surface area contributed by atoms with Crippen molar-refractivity contribution in [1.29, 1.82) is 0 Å². The third-order valence-corrected chi connectivity index (χ3v) is 7.58. The van der Waals surface area contributed by atoms with E-state index in [2.05, 4.69) is 6.92 Å². The first kappa shape index (κ1) is 16.5. The average Bonchev–Trinajstić information content (AvgIpc) is 2.82. The average molecular weight is 306 g/mol. The van der Waals surface area contributed by atoms with Crippen LogP contribution in [-0.4, -0.2) is 17.0 Å². The number of fused-ring (bicyclic) bond motifs is 4. The van der Waals surface area contributed by atoms with Crippen LogP contribution in [-0.2, 0) is 4.79 Å². The van der Waals surface area contributed by atoms with Gasteiger partial charge in [-0.15, -0.1) is 0 Å². The lowest BCUT2D eigenvalue weighted by Crippen LogP contribution is -2.47. The van der Waals surface area contributed by atoms with Crippen molar-refractivity contribution in [3.8, 4) is 0 Å². The Bertz CT molecular complexity index is 418. The van der Waals surface area contributed by atoms with Crippen LogP contribution in [0.3, 0.4) is 0 Å². The maximum absolute atomic E-state index is 12.3. The Morgan fingerprint density at radius 1 is 0.955 bits per heavy atom. The number of carbonyl (C=O) groups excluding carboxylic acids is 1. The molecule has 0 radical (unpaired) electrons. The van der Waals surface area contributed by atoms with Gasteiger partial charge >= 0.3 is 0 Å². The highest BCUT2D eigenvalue weighted by atomic mass is 16.3. The molecule has 4 aliphatic rings. The van der Waals surface area contributed by atoms with E-state index in [1.54, 1.807) is 0 Å². The Kier molecular flexibility index (Phi) is 4.69. The van der Waals surface area contributed by atoms with Crippen molar-refractivity contribution in [2.45, 2.75) is 84.7 Å². The van der Waals surface area contributed by atoms with Gasteiger partial charge < -0.3 is 5.11 Å². The third kappa shape index (κ3) is 2.56. The van der Waals surface area contributed by atoms with E-state index < -0.39 is 0 Å². The molecule has 22 heavy (non-hydrogen) atoms. The molecule has 2 nitrogen and oxygen atoms in total. The molecule has 4 saturated carbocycles. The lowest BCUT2D eigenvalue weighted by atomic mass is 9.51. The normalized spacial score (nSPS) is 50.3. The minimum atomic E-state index is -0.0327. The summed E-state index contributed by atoms with van der Waals surface area (Å²) in [6.07, 6.45) is 10.4. The van der Waals surface area contributed by atoms with Gasteiger partial charge in [0.2, 0.25) is 0 Å². The predicted octanol–water partition coefficient (Wildman–Crippen LogP) is 4.60. The molecular weight excluding hydrogens is 272 g/mol. The molecular formula is C20H34O2. The van der Waals surface area contributed by atoms with Gasteiger partial charge in [-0.3, -0.25) is 4.79 Å². The van der Waals surface area contributed by atoms with Crippen molar-refractivity contribution < 1.29 is 9.90 Å². The van der Waals surface area contributed by atoms with E-state index in [-0.39, 0.29) is 11.5 Å². The van der Waals surface area contributed by atoms with Crippen LogP contribution in [0.5, 0.6) is 0 Å². The fraction of sp³-hybridized carbons (Fsp3) is 0.950. The molecule has 0 spiro atoms. The van der Waals surface area contributed by atoms with Crippen LogP contribution in [0.15, 0.2) is 0 Å². The van der Waals surface area contributed by atoms with Crippen molar-refractivity contribution >= 4 is 5.78 Å². The van der Waals surface area contributed by atoms with E-state index in [9.17, 15) is 9.90 Å². The van der Waals surface area contributed by atoms with Crippen molar-refractivity contribution in [3.63, 3.8) is 0 Å². The molecule has 0 aromatic rings. The molecule has 4 aliphatic carbocycles. The standard InChI is InChI=1S/C18H28O2.C2H6/c1-18-10-12-3-2-11-8-14(19)5-6-15(11)16(12)9-13(18)4-7-17(18)20;1-2/h11-16,19H,2-10H2,1H3;1-2H3/t11-,12+,13-,14-,15+,16+,18-;/m1./s1. The first-order valence-electron chi connectivity index (χ1n) is 9.79. The fourth-order valence-electron chi connectivity index (χ4n) is 6.44. The molecule has 0 amide bonds. The number of carbonyl (C=O) groups is 1. The second kappa shape index (κ2) is 6.26. The highest BCUT2D eigenvalue weighted by Gasteiger charge is 2.55. The first-order chi connectivity index (χ1) is 10.6. The van der Waals surface area contributed by atoms with Crippen molar-refractivity contribution in [1.82, 2.24) is 0 Å².